The van der Waals surface area contributed by atoms with E-state index >= 15 is 0 Å². The molecule has 11 heavy (non-hydrogen) atoms. The summed E-state index contributed by atoms with van der Waals surface area (Å²) < 4.78 is 0. The molecule has 0 aliphatic carbocycles. The lowest BCUT2D eigenvalue weighted by atomic mass is 10.2. The SMILES string of the molecule is [CH2]c1scc2cc(Cl)ccc12. The Morgan fingerprint density at radius 3 is 3.00 bits per heavy atom. The number of hydrogen-bond donors (Lipinski definition) is 0. The molecule has 0 saturated carbocycles. The first kappa shape index (κ1) is 7.14. The molecule has 0 atom stereocenters. The van der Waals surface area contributed by atoms with E-state index in [2.05, 4.69) is 12.3 Å². The normalized spacial score (nSPS) is 10.7. The first-order chi connectivity index (χ1) is 5.27. The van der Waals surface area contributed by atoms with Gasteiger partial charge in [-0.2, -0.15) is 0 Å². The molecule has 55 valence electrons. The number of halogens is 1. The molecule has 0 nitrogen and oxygen atoms in total. The molecule has 0 bridgehead atoms. The van der Waals surface area contributed by atoms with Gasteiger partial charge in [-0.3, -0.25) is 0 Å². The monoisotopic (exact) mass is 181 g/mol. The third-order valence-corrected chi connectivity index (χ3v) is 2.75. The van der Waals surface area contributed by atoms with Crippen molar-refractivity contribution in [2.24, 2.45) is 0 Å². The molecule has 2 aromatic rings. The van der Waals surface area contributed by atoms with Crippen LogP contribution in [0.1, 0.15) is 4.88 Å². The topological polar surface area (TPSA) is 0 Å². The highest BCUT2D eigenvalue weighted by molar-refractivity contribution is 7.11. The van der Waals surface area contributed by atoms with E-state index in [1.54, 1.807) is 11.3 Å². The van der Waals surface area contributed by atoms with Crippen molar-refractivity contribution in [3.8, 4) is 0 Å². The Labute approximate surface area is 74.4 Å². The molecule has 0 fully saturated rings. The highest BCUT2D eigenvalue weighted by Gasteiger charge is 1.98. The van der Waals surface area contributed by atoms with Gasteiger partial charge in [-0.15, -0.1) is 11.3 Å². The van der Waals surface area contributed by atoms with Crippen molar-refractivity contribution in [1.29, 1.82) is 0 Å². The number of benzene rings is 1. The molecule has 0 aliphatic heterocycles. The zero-order chi connectivity index (χ0) is 7.84. The minimum Gasteiger partial charge on any atom is -0.148 e. The van der Waals surface area contributed by atoms with Crippen LogP contribution in [0.4, 0.5) is 0 Å². The maximum atomic E-state index is 5.81. The van der Waals surface area contributed by atoms with Crippen LogP contribution in [-0.2, 0) is 0 Å². The number of rotatable bonds is 0. The Balaban J connectivity index is 2.86. The summed E-state index contributed by atoms with van der Waals surface area (Å²) in [5.74, 6) is 0. The Hall–Kier alpha value is -0.530. The maximum Gasteiger partial charge on any atom is 0.0412 e. The standard InChI is InChI=1S/C9H6ClS/c1-6-9-3-2-8(10)4-7(9)5-11-6/h2-5H,1H2. The van der Waals surface area contributed by atoms with E-state index in [9.17, 15) is 0 Å². The van der Waals surface area contributed by atoms with Crippen LogP contribution in [0, 0.1) is 6.92 Å². The second kappa shape index (κ2) is 2.50. The van der Waals surface area contributed by atoms with Gasteiger partial charge in [0.1, 0.15) is 0 Å². The summed E-state index contributed by atoms with van der Waals surface area (Å²) in [5, 5.41) is 5.26. The number of thiophene rings is 1. The van der Waals surface area contributed by atoms with Gasteiger partial charge in [0.25, 0.3) is 0 Å². The van der Waals surface area contributed by atoms with Crippen LogP contribution in [0.25, 0.3) is 10.8 Å². The van der Waals surface area contributed by atoms with Crippen LogP contribution in [-0.4, -0.2) is 0 Å². The zero-order valence-corrected chi connectivity index (χ0v) is 7.38. The van der Waals surface area contributed by atoms with E-state index in [1.165, 1.54) is 10.8 Å². The van der Waals surface area contributed by atoms with Gasteiger partial charge in [-0.1, -0.05) is 17.7 Å². The fourth-order valence-corrected chi connectivity index (χ4v) is 2.04. The molecule has 2 heteroatoms. The molecule has 0 unspecified atom stereocenters. The molecule has 1 radical (unpaired) electrons. The molecule has 1 heterocycles. The molecular weight excluding hydrogens is 176 g/mol. The van der Waals surface area contributed by atoms with Gasteiger partial charge in [-0.25, -0.2) is 0 Å². The van der Waals surface area contributed by atoms with Crippen LogP contribution in [0.2, 0.25) is 5.02 Å². The molecule has 0 spiro atoms. The summed E-state index contributed by atoms with van der Waals surface area (Å²) in [6, 6.07) is 5.86. The third-order valence-electron chi connectivity index (χ3n) is 1.64. The van der Waals surface area contributed by atoms with Gasteiger partial charge >= 0.3 is 0 Å². The summed E-state index contributed by atoms with van der Waals surface area (Å²) in [5.41, 5.74) is 0. The Kier molecular flexibility index (Phi) is 1.63. The predicted octanol–water partition coefficient (Wildman–Crippen LogP) is 3.74. The highest BCUT2D eigenvalue weighted by atomic mass is 35.5. The van der Waals surface area contributed by atoms with Gasteiger partial charge < -0.3 is 0 Å². The lowest BCUT2D eigenvalue weighted by Crippen LogP contribution is -1.66. The molecule has 0 aliphatic rings. The van der Waals surface area contributed by atoms with Gasteiger partial charge in [0, 0.05) is 9.90 Å². The number of hydrogen-bond acceptors (Lipinski definition) is 1. The lowest BCUT2D eigenvalue weighted by molar-refractivity contribution is 1.82. The van der Waals surface area contributed by atoms with Gasteiger partial charge in [-0.05, 0) is 35.2 Å². The molecule has 0 amide bonds. The van der Waals surface area contributed by atoms with Crippen molar-refractivity contribution in [2.75, 3.05) is 0 Å². The predicted molar refractivity (Wildman–Crippen MR) is 51.3 cm³/mol. The summed E-state index contributed by atoms with van der Waals surface area (Å²) in [6.07, 6.45) is 0. The average molecular weight is 182 g/mol. The van der Waals surface area contributed by atoms with Crippen molar-refractivity contribution in [3.63, 3.8) is 0 Å². The second-order valence-corrected chi connectivity index (χ2v) is 3.79. The van der Waals surface area contributed by atoms with Crippen molar-refractivity contribution >= 4 is 33.7 Å². The molecular formula is C9H6ClS. The van der Waals surface area contributed by atoms with E-state index in [4.69, 9.17) is 11.6 Å². The highest BCUT2D eigenvalue weighted by Crippen LogP contribution is 2.26. The Morgan fingerprint density at radius 1 is 1.36 bits per heavy atom. The van der Waals surface area contributed by atoms with Crippen molar-refractivity contribution < 1.29 is 0 Å². The average Bonchev–Trinajstić information content (AvgIpc) is 2.32. The lowest BCUT2D eigenvalue weighted by Gasteiger charge is -1.90. The van der Waals surface area contributed by atoms with Crippen LogP contribution in [0.3, 0.4) is 0 Å². The van der Waals surface area contributed by atoms with E-state index < -0.39 is 0 Å². The smallest absolute Gasteiger partial charge is 0.0412 e. The van der Waals surface area contributed by atoms with Crippen molar-refractivity contribution in [1.82, 2.24) is 0 Å². The molecule has 1 aromatic heterocycles. The van der Waals surface area contributed by atoms with Crippen LogP contribution < -0.4 is 0 Å². The Morgan fingerprint density at radius 2 is 2.18 bits per heavy atom. The molecule has 0 saturated heterocycles. The summed E-state index contributed by atoms with van der Waals surface area (Å²) in [6.45, 7) is 3.91. The minimum atomic E-state index is 0.787. The van der Waals surface area contributed by atoms with Crippen molar-refractivity contribution in [3.05, 3.63) is 40.4 Å². The van der Waals surface area contributed by atoms with E-state index in [0.29, 0.717) is 0 Å². The summed E-state index contributed by atoms with van der Waals surface area (Å²) in [7, 11) is 0. The fraction of sp³-hybridized carbons (Fsp3) is 0. The van der Waals surface area contributed by atoms with E-state index in [-0.39, 0.29) is 0 Å². The van der Waals surface area contributed by atoms with E-state index in [0.717, 1.165) is 9.90 Å². The van der Waals surface area contributed by atoms with Gasteiger partial charge in [0.2, 0.25) is 0 Å². The molecule has 0 N–H and O–H groups in total. The van der Waals surface area contributed by atoms with Crippen LogP contribution >= 0.6 is 22.9 Å². The quantitative estimate of drug-likeness (QED) is 0.581. The van der Waals surface area contributed by atoms with Gasteiger partial charge in [0.05, 0.1) is 0 Å². The maximum absolute atomic E-state index is 5.81. The van der Waals surface area contributed by atoms with Crippen LogP contribution in [0.15, 0.2) is 23.6 Å². The second-order valence-electron chi connectivity index (χ2n) is 2.39. The first-order valence-corrected chi connectivity index (χ1v) is 4.52. The fourth-order valence-electron chi connectivity index (χ4n) is 1.08. The summed E-state index contributed by atoms with van der Waals surface area (Å²) >= 11 is 7.47. The van der Waals surface area contributed by atoms with Crippen LogP contribution in [0.5, 0.6) is 0 Å². The minimum absolute atomic E-state index is 0.787. The van der Waals surface area contributed by atoms with E-state index in [1.807, 2.05) is 18.2 Å². The third kappa shape index (κ3) is 1.15. The first-order valence-electron chi connectivity index (χ1n) is 3.26. The molecule has 1 aromatic carbocycles. The zero-order valence-electron chi connectivity index (χ0n) is 5.80. The molecule has 2 rings (SSSR count). The summed E-state index contributed by atoms with van der Waals surface area (Å²) in [4.78, 5) is 1.11. The number of fused-ring (bicyclic) bond motifs is 1. The largest absolute Gasteiger partial charge is 0.148 e. The Bertz CT molecular complexity index is 389. The van der Waals surface area contributed by atoms with Gasteiger partial charge in [0.15, 0.2) is 0 Å². The van der Waals surface area contributed by atoms with Crippen molar-refractivity contribution in [2.45, 2.75) is 0 Å².